The molecular formula is C7H16ClNO. The highest BCUT2D eigenvalue weighted by Crippen LogP contribution is 2.08. The predicted molar refractivity (Wildman–Crippen MR) is 44.6 cm³/mol. The molecular weight excluding hydrogens is 150 g/mol. The number of nitrogens with one attached hydrogen (secondary N) is 1. The molecule has 2 nitrogen and oxygen atoms in total. The molecule has 1 atom stereocenters. The third-order valence-corrected chi connectivity index (χ3v) is 1.89. The number of aliphatic hydroxyl groups excluding tert-OH is 1. The van der Waals surface area contributed by atoms with Crippen LogP contribution in [0.3, 0.4) is 0 Å². The van der Waals surface area contributed by atoms with Crippen LogP contribution in [0.5, 0.6) is 0 Å². The number of rotatable bonds is 2. The summed E-state index contributed by atoms with van der Waals surface area (Å²) in [5.41, 5.74) is 0. The molecule has 0 radical (unpaired) electrons. The van der Waals surface area contributed by atoms with Gasteiger partial charge in [-0.05, 0) is 25.8 Å². The van der Waals surface area contributed by atoms with Crippen molar-refractivity contribution in [1.29, 1.82) is 0 Å². The summed E-state index contributed by atoms with van der Waals surface area (Å²) in [7, 11) is 0. The van der Waals surface area contributed by atoms with Crippen LogP contribution in [0.25, 0.3) is 0 Å². The largest absolute Gasteiger partial charge is 0.396 e. The number of hydrogen-bond acceptors (Lipinski definition) is 2. The van der Waals surface area contributed by atoms with Crippen LogP contribution in [-0.2, 0) is 0 Å². The molecule has 10 heavy (non-hydrogen) atoms. The second kappa shape index (κ2) is 5.96. The van der Waals surface area contributed by atoms with E-state index in [2.05, 4.69) is 5.32 Å². The Morgan fingerprint density at radius 3 is 2.70 bits per heavy atom. The fourth-order valence-electron chi connectivity index (χ4n) is 1.33. The summed E-state index contributed by atoms with van der Waals surface area (Å²) in [4.78, 5) is 0. The van der Waals surface area contributed by atoms with Crippen molar-refractivity contribution in [2.45, 2.75) is 31.7 Å². The molecule has 0 aromatic carbocycles. The Labute approximate surface area is 68.4 Å². The molecule has 1 heterocycles. The fourth-order valence-corrected chi connectivity index (χ4v) is 1.33. The molecule has 1 fully saturated rings. The smallest absolute Gasteiger partial charge is 0.0445 e. The molecule has 2 N–H and O–H groups in total. The highest BCUT2D eigenvalue weighted by atomic mass is 35.5. The summed E-state index contributed by atoms with van der Waals surface area (Å²) in [6.45, 7) is 1.47. The maximum absolute atomic E-state index is 8.58. The Morgan fingerprint density at radius 2 is 2.20 bits per heavy atom. The van der Waals surface area contributed by atoms with Gasteiger partial charge in [-0.25, -0.2) is 0 Å². The summed E-state index contributed by atoms with van der Waals surface area (Å²) in [6, 6.07) is 0.601. The Bertz CT molecular complexity index is 71.3. The first-order valence-electron chi connectivity index (χ1n) is 3.77. The third-order valence-electron chi connectivity index (χ3n) is 1.89. The predicted octanol–water partition coefficient (Wildman–Crippen LogP) is 0.933. The number of aliphatic hydroxyl groups is 1. The number of hydrogen-bond donors (Lipinski definition) is 2. The second-order valence-corrected chi connectivity index (χ2v) is 2.66. The summed E-state index contributed by atoms with van der Waals surface area (Å²) in [6.07, 6.45) is 4.82. The van der Waals surface area contributed by atoms with Crippen molar-refractivity contribution in [3.05, 3.63) is 0 Å². The molecule has 0 saturated carbocycles. The zero-order valence-corrected chi connectivity index (χ0v) is 6.99. The van der Waals surface area contributed by atoms with E-state index in [1.165, 1.54) is 19.3 Å². The second-order valence-electron chi connectivity index (χ2n) is 2.66. The lowest BCUT2D eigenvalue weighted by atomic mass is 10.0. The van der Waals surface area contributed by atoms with Crippen LogP contribution in [0.1, 0.15) is 25.7 Å². The van der Waals surface area contributed by atoms with Crippen molar-refractivity contribution in [3.63, 3.8) is 0 Å². The SMILES string of the molecule is Cl.OCC[C@@H]1CCCCN1. The maximum Gasteiger partial charge on any atom is 0.0445 e. The van der Waals surface area contributed by atoms with E-state index >= 15 is 0 Å². The van der Waals surface area contributed by atoms with E-state index in [1.807, 2.05) is 0 Å². The van der Waals surface area contributed by atoms with Crippen LogP contribution in [0.15, 0.2) is 0 Å². The van der Waals surface area contributed by atoms with Crippen LogP contribution in [0.2, 0.25) is 0 Å². The van der Waals surface area contributed by atoms with Gasteiger partial charge in [0, 0.05) is 12.6 Å². The van der Waals surface area contributed by atoms with Gasteiger partial charge in [-0.1, -0.05) is 6.42 Å². The molecule has 0 aromatic heterocycles. The molecule has 0 aliphatic carbocycles. The van der Waals surface area contributed by atoms with Gasteiger partial charge in [-0.3, -0.25) is 0 Å². The molecule has 0 spiro atoms. The van der Waals surface area contributed by atoms with E-state index in [-0.39, 0.29) is 12.4 Å². The first kappa shape index (κ1) is 10.2. The quantitative estimate of drug-likeness (QED) is 0.638. The van der Waals surface area contributed by atoms with Gasteiger partial charge in [-0.15, -0.1) is 12.4 Å². The average molecular weight is 166 g/mol. The van der Waals surface area contributed by atoms with Crippen molar-refractivity contribution >= 4 is 12.4 Å². The first-order chi connectivity index (χ1) is 4.43. The van der Waals surface area contributed by atoms with Gasteiger partial charge >= 0.3 is 0 Å². The molecule has 1 aliphatic heterocycles. The Balaban J connectivity index is 0.000000810. The summed E-state index contributed by atoms with van der Waals surface area (Å²) >= 11 is 0. The minimum atomic E-state index is 0. The minimum Gasteiger partial charge on any atom is -0.396 e. The molecule has 1 rings (SSSR count). The van der Waals surface area contributed by atoms with Gasteiger partial charge in [0.05, 0.1) is 0 Å². The average Bonchev–Trinajstić information content (AvgIpc) is 1.91. The molecule has 0 bridgehead atoms. The molecule has 0 amide bonds. The van der Waals surface area contributed by atoms with Crippen molar-refractivity contribution in [3.8, 4) is 0 Å². The van der Waals surface area contributed by atoms with Crippen LogP contribution < -0.4 is 5.32 Å². The van der Waals surface area contributed by atoms with E-state index in [9.17, 15) is 0 Å². The van der Waals surface area contributed by atoms with Gasteiger partial charge < -0.3 is 10.4 Å². The van der Waals surface area contributed by atoms with Crippen molar-refractivity contribution < 1.29 is 5.11 Å². The highest BCUT2D eigenvalue weighted by molar-refractivity contribution is 5.85. The standard InChI is InChI=1S/C7H15NO.ClH/c9-6-4-7-3-1-2-5-8-7;/h7-9H,1-6H2;1H/t7-;/m0./s1. The summed E-state index contributed by atoms with van der Waals surface area (Å²) < 4.78 is 0. The minimum absolute atomic E-state index is 0. The Morgan fingerprint density at radius 1 is 1.40 bits per heavy atom. The van der Waals surface area contributed by atoms with E-state index in [1.54, 1.807) is 0 Å². The molecule has 1 aliphatic rings. The van der Waals surface area contributed by atoms with Crippen molar-refractivity contribution in [1.82, 2.24) is 5.32 Å². The summed E-state index contributed by atoms with van der Waals surface area (Å²) in [5.74, 6) is 0. The summed E-state index contributed by atoms with van der Waals surface area (Å²) in [5, 5.41) is 11.9. The zero-order chi connectivity index (χ0) is 6.53. The number of halogens is 1. The molecule has 3 heteroatoms. The van der Waals surface area contributed by atoms with Gasteiger partial charge in [0.2, 0.25) is 0 Å². The third kappa shape index (κ3) is 3.40. The van der Waals surface area contributed by atoms with Gasteiger partial charge in [0.25, 0.3) is 0 Å². The van der Waals surface area contributed by atoms with E-state index < -0.39 is 0 Å². The van der Waals surface area contributed by atoms with Crippen molar-refractivity contribution in [2.75, 3.05) is 13.2 Å². The zero-order valence-electron chi connectivity index (χ0n) is 6.18. The lowest BCUT2D eigenvalue weighted by molar-refractivity contribution is 0.250. The van der Waals surface area contributed by atoms with E-state index in [4.69, 9.17) is 5.11 Å². The van der Waals surface area contributed by atoms with Gasteiger partial charge in [-0.2, -0.15) is 0 Å². The van der Waals surface area contributed by atoms with Crippen molar-refractivity contribution in [2.24, 2.45) is 0 Å². The van der Waals surface area contributed by atoms with Crippen LogP contribution in [0, 0.1) is 0 Å². The topological polar surface area (TPSA) is 32.3 Å². The van der Waals surface area contributed by atoms with E-state index in [0.717, 1.165) is 13.0 Å². The lowest BCUT2D eigenvalue weighted by Crippen LogP contribution is -2.34. The molecule has 0 unspecified atom stereocenters. The Hall–Kier alpha value is 0.210. The van der Waals surface area contributed by atoms with E-state index in [0.29, 0.717) is 12.6 Å². The Kier molecular flexibility index (Phi) is 6.08. The normalized spacial score (nSPS) is 25.5. The lowest BCUT2D eigenvalue weighted by Gasteiger charge is -2.22. The number of piperidine rings is 1. The monoisotopic (exact) mass is 165 g/mol. The fraction of sp³-hybridized carbons (Fsp3) is 1.00. The van der Waals surface area contributed by atoms with Crippen LogP contribution >= 0.6 is 12.4 Å². The maximum atomic E-state index is 8.58. The van der Waals surface area contributed by atoms with Gasteiger partial charge in [0.1, 0.15) is 0 Å². The molecule has 62 valence electrons. The molecule has 1 saturated heterocycles. The van der Waals surface area contributed by atoms with Crippen LogP contribution in [-0.4, -0.2) is 24.3 Å². The highest BCUT2D eigenvalue weighted by Gasteiger charge is 2.10. The van der Waals surface area contributed by atoms with Gasteiger partial charge in [0.15, 0.2) is 0 Å². The molecule has 0 aromatic rings. The van der Waals surface area contributed by atoms with Crippen LogP contribution in [0.4, 0.5) is 0 Å². The first-order valence-corrected chi connectivity index (χ1v) is 3.77.